The van der Waals surface area contributed by atoms with Crippen LogP contribution in [0.5, 0.6) is 0 Å². The Kier molecular flexibility index (Phi) is 6.98. The number of hydroxylamine groups is 4. The van der Waals surface area contributed by atoms with Gasteiger partial charge in [0.05, 0.1) is 25.2 Å². The maximum atomic E-state index is 11.7. The predicted molar refractivity (Wildman–Crippen MR) is 128 cm³/mol. The van der Waals surface area contributed by atoms with E-state index >= 15 is 0 Å². The minimum absolute atomic E-state index is 0.0172. The second-order valence-corrected chi connectivity index (χ2v) is 10.3. The van der Waals surface area contributed by atoms with Gasteiger partial charge in [0, 0.05) is 24.5 Å². The monoisotopic (exact) mass is 570 g/mol. The molecule has 220 valence electrons. The van der Waals surface area contributed by atoms with Gasteiger partial charge in [-0.3, -0.25) is 28.7 Å². The molecule has 0 aromatic carbocycles. The van der Waals surface area contributed by atoms with E-state index in [1.165, 1.54) is 12.4 Å². The fourth-order valence-electron chi connectivity index (χ4n) is 5.78. The van der Waals surface area contributed by atoms with Crippen LogP contribution in [0.3, 0.4) is 0 Å². The first kappa shape index (κ1) is 28.5. The Balaban J connectivity index is 0.000000161. The molecule has 0 spiro atoms. The standard InChI is InChI=1S/2C11H15N3O6/c2*1-5-11(18)6(4-14(5)19)20-9(8(11)16)13-3-2-7(15)12-10(13)17/h2*2-3,5-6,8-9,16,18-19H,4H2,1H3,(H,12,15,17). The van der Waals surface area contributed by atoms with Crippen LogP contribution in [0.25, 0.3) is 0 Å². The average Bonchev–Trinajstić information content (AvgIpc) is 3.46. The number of fused-ring (bicyclic) bond motifs is 2. The Hall–Kier alpha value is -3.04. The zero-order valence-corrected chi connectivity index (χ0v) is 21.3. The summed E-state index contributed by atoms with van der Waals surface area (Å²) in [5.74, 6) is 0. The van der Waals surface area contributed by atoms with E-state index in [0.29, 0.717) is 0 Å². The molecule has 10 unspecified atom stereocenters. The lowest BCUT2D eigenvalue weighted by molar-refractivity contribution is -0.162. The summed E-state index contributed by atoms with van der Waals surface area (Å²) in [5.41, 5.74) is -5.97. The van der Waals surface area contributed by atoms with Crippen LogP contribution in [0.15, 0.2) is 43.7 Å². The summed E-state index contributed by atoms with van der Waals surface area (Å²) in [4.78, 5) is 49.6. The fourth-order valence-corrected chi connectivity index (χ4v) is 5.78. The van der Waals surface area contributed by atoms with E-state index in [0.717, 1.165) is 31.4 Å². The van der Waals surface area contributed by atoms with Crippen LogP contribution in [0.2, 0.25) is 0 Å². The van der Waals surface area contributed by atoms with Crippen molar-refractivity contribution in [1.29, 1.82) is 0 Å². The Labute approximate surface area is 223 Å². The third kappa shape index (κ3) is 4.12. The highest BCUT2D eigenvalue weighted by Crippen LogP contribution is 2.45. The highest BCUT2D eigenvalue weighted by Gasteiger charge is 2.65. The summed E-state index contributed by atoms with van der Waals surface area (Å²) >= 11 is 0. The van der Waals surface area contributed by atoms with Gasteiger partial charge < -0.3 is 40.3 Å². The highest BCUT2D eigenvalue weighted by atomic mass is 16.6. The van der Waals surface area contributed by atoms with Crippen LogP contribution in [0, 0.1) is 0 Å². The van der Waals surface area contributed by atoms with Crippen LogP contribution in [-0.4, -0.2) is 121 Å². The Morgan fingerprint density at radius 2 is 1.10 bits per heavy atom. The molecular weight excluding hydrogens is 540 g/mol. The van der Waals surface area contributed by atoms with Gasteiger partial charge in [-0.25, -0.2) is 9.59 Å². The summed E-state index contributed by atoms with van der Waals surface area (Å²) in [7, 11) is 0. The number of hydrogen-bond donors (Lipinski definition) is 8. The number of nitrogens with zero attached hydrogens (tertiary/aromatic N) is 4. The molecule has 6 heterocycles. The topological polar surface area (TPSA) is 256 Å². The minimum atomic E-state index is -1.69. The van der Waals surface area contributed by atoms with Crippen LogP contribution < -0.4 is 22.5 Å². The predicted octanol–water partition coefficient (Wildman–Crippen LogP) is -4.76. The van der Waals surface area contributed by atoms with Gasteiger partial charge in [0.1, 0.15) is 35.6 Å². The maximum Gasteiger partial charge on any atom is 0.330 e. The van der Waals surface area contributed by atoms with Crippen LogP contribution in [0.1, 0.15) is 26.3 Å². The molecule has 0 bridgehead atoms. The Morgan fingerprint density at radius 1 is 0.750 bits per heavy atom. The second-order valence-electron chi connectivity index (χ2n) is 10.3. The van der Waals surface area contributed by atoms with Crippen molar-refractivity contribution < 1.29 is 40.3 Å². The first-order valence-corrected chi connectivity index (χ1v) is 12.4. The van der Waals surface area contributed by atoms with E-state index in [9.17, 15) is 50.0 Å². The molecule has 8 N–H and O–H groups in total. The van der Waals surface area contributed by atoms with Gasteiger partial charge in [0.25, 0.3) is 11.1 Å². The van der Waals surface area contributed by atoms with Crippen molar-refractivity contribution >= 4 is 0 Å². The van der Waals surface area contributed by atoms with E-state index < -0.39 is 82.7 Å². The number of aromatic amines is 2. The molecule has 10 atom stereocenters. The minimum Gasteiger partial charge on any atom is -0.385 e. The number of hydrogen-bond acceptors (Lipinski definition) is 14. The number of H-pyrrole nitrogens is 2. The molecule has 4 aliphatic rings. The smallest absolute Gasteiger partial charge is 0.330 e. The summed E-state index contributed by atoms with van der Waals surface area (Å²) in [6.07, 6.45) is -4.34. The Bertz CT molecular complexity index is 1390. The molecule has 18 nitrogen and oxygen atoms in total. The van der Waals surface area contributed by atoms with Gasteiger partial charge in [0.15, 0.2) is 12.5 Å². The summed E-state index contributed by atoms with van der Waals surface area (Å²) < 4.78 is 13.0. The zero-order chi connectivity index (χ0) is 29.3. The summed E-state index contributed by atoms with van der Waals surface area (Å²) in [6, 6.07) is 0.756. The first-order chi connectivity index (χ1) is 18.7. The fraction of sp³-hybridized carbons (Fsp3) is 0.636. The number of nitrogens with one attached hydrogen (secondary N) is 2. The van der Waals surface area contributed by atoms with Crippen LogP contribution >= 0.6 is 0 Å². The van der Waals surface area contributed by atoms with Gasteiger partial charge in [-0.15, -0.1) is 0 Å². The van der Waals surface area contributed by atoms with E-state index in [4.69, 9.17) is 9.47 Å². The van der Waals surface area contributed by atoms with Gasteiger partial charge >= 0.3 is 11.4 Å². The normalized spacial score (nSPS) is 41.0. The van der Waals surface area contributed by atoms with Crippen molar-refractivity contribution in [3.63, 3.8) is 0 Å². The van der Waals surface area contributed by atoms with Gasteiger partial charge in [-0.2, -0.15) is 10.1 Å². The summed E-state index contributed by atoms with van der Waals surface area (Å²) in [5, 5.41) is 62.7. The number of aromatic nitrogens is 4. The van der Waals surface area contributed by atoms with E-state index in [1.54, 1.807) is 13.8 Å². The van der Waals surface area contributed by atoms with Gasteiger partial charge in [-0.05, 0) is 13.8 Å². The molecule has 40 heavy (non-hydrogen) atoms. The molecule has 4 fully saturated rings. The lowest BCUT2D eigenvalue weighted by Crippen LogP contribution is -2.53. The van der Waals surface area contributed by atoms with Crippen molar-refractivity contribution in [2.45, 2.75) is 74.0 Å². The van der Waals surface area contributed by atoms with Crippen molar-refractivity contribution in [2.24, 2.45) is 0 Å². The highest BCUT2D eigenvalue weighted by molar-refractivity contribution is 5.14. The largest absolute Gasteiger partial charge is 0.385 e. The van der Waals surface area contributed by atoms with Crippen molar-refractivity contribution in [1.82, 2.24) is 29.2 Å². The van der Waals surface area contributed by atoms with Gasteiger partial charge in [-0.1, -0.05) is 0 Å². The molecule has 2 aromatic rings. The molecule has 18 heteroatoms. The van der Waals surface area contributed by atoms with Crippen molar-refractivity contribution in [3.8, 4) is 0 Å². The average molecular weight is 571 g/mol. The molecule has 4 aliphatic heterocycles. The molecule has 6 rings (SSSR count). The first-order valence-electron chi connectivity index (χ1n) is 12.4. The van der Waals surface area contributed by atoms with Crippen molar-refractivity contribution in [2.75, 3.05) is 13.1 Å². The van der Waals surface area contributed by atoms with E-state index in [2.05, 4.69) is 9.97 Å². The third-order valence-corrected chi connectivity index (χ3v) is 8.32. The summed E-state index contributed by atoms with van der Waals surface area (Å²) in [6.45, 7) is 3.13. The lowest BCUT2D eigenvalue weighted by atomic mass is 9.89. The molecular formula is C22H30N6O12. The second kappa shape index (κ2) is 9.80. The molecule has 4 saturated heterocycles. The van der Waals surface area contributed by atoms with Gasteiger partial charge in [0.2, 0.25) is 0 Å². The Morgan fingerprint density at radius 3 is 1.40 bits per heavy atom. The number of rotatable bonds is 2. The van der Waals surface area contributed by atoms with Crippen molar-refractivity contribution in [3.05, 3.63) is 66.2 Å². The molecule has 0 saturated carbocycles. The van der Waals surface area contributed by atoms with E-state index in [-0.39, 0.29) is 13.1 Å². The third-order valence-electron chi connectivity index (χ3n) is 8.32. The van der Waals surface area contributed by atoms with Crippen LogP contribution in [-0.2, 0) is 9.47 Å². The number of aliphatic hydroxyl groups is 4. The lowest BCUT2D eigenvalue weighted by Gasteiger charge is -2.31. The SMILES string of the molecule is CC1N(O)CC2OC(n3ccc(=O)[nH]c3=O)C(O)C21O.CC1N(O)CC2OC(n3ccc(=O)[nH]c3=O)C(O)C21O. The van der Waals surface area contributed by atoms with E-state index in [1.807, 2.05) is 0 Å². The maximum absolute atomic E-state index is 11.7. The van der Waals surface area contributed by atoms with Crippen LogP contribution in [0.4, 0.5) is 0 Å². The molecule has 0 aliphatic carbocycles. The zero-order valence-electron chi connectivity index (χ0n) is 21.3. The number of aliphatic hydroxyl groups excluding tert-OH is 2. The quantitative estimate of drug-likeness (QED) is 0.169. The molecule has 0 radical (unpaired) electrons. The molecule has 2 aromatic heterocycles. The molecule has 0 amide bonds. The number of ether oxygens (including phenoxy) is 2.